The lowest BCUT2D eigenvalue weighted by atomic mass is 10.1. The largest absolute Gasteiger partial charge is 0.513 e. The predicted octanol–water partition coefficient (Wildman–Crippen LogP) is 3.04. The molecule has 0 fully saturated rings. The summed E-state index contributed by atoms with van der Waals surface area (Å²) in [6.07, 6.45) is -0.812. The maximum Gasteiger partial charge on any atom is 0.513 e. The summed E-state index contributed by atoms with van der Waals surface area (Å²) in [5, 5.41) is 0. The van der Waals surface area contributed by atoms with Gasteiger partial charge in [0.25, 0.3) is 5.91 Å². The van der Waals surface area contributed by atoms with E-state index in [1.54, 1.807) is 6.92 Å². The molecule has 0 aliphatic rings. The Morgan fingerprint density at radius 2 is 1.63 bits per heavy atom. The number of hydrogen-bond donors (Lipinski definition) is 0. The topological polar surface area (TPSA) is 82.1 Å². The molecule has 0 bridgehead atoms. The lowest BCUT2D eigenvalue weighted by molar-refractivity contribution is -0.141. The molecule has 1 amide bonds. The van der Waals surface area contributed by atoms with Crippen LogP contribution in [0.15, 0.2) is 54.6 Å². The number of amides is 1. The van der Waals surface area contributed by atoms with E-state index in [0.29, 0.717) is 5.56 Å². The zero-order valence-electron chi connectivity index (χ0n) is 15.2. The Balaban J connectivity index is 2.13. The molecular weight excluding hydrogens is 350 g/mol. The fraction of sp³-hybridized carbons (Fsp3) is 0.250. The van der Waals surface area contributed by atoms with E-state index in [4.69, 9.17) is 9.47 Å². The van der Waals surface area contributed by atoms with E-state index < -0.39 is 12.1 Å². The number of rotatable bonds is 7. The van der Waals surface area contributed by atoms with Crippen LogP contribution in [0.4, 0.5) is 4.79 Å². The van der Waals surface area contributed by atoms with E-state index in [9.17, 15) is 14.4 Å². The molecule has 2 aromatic carbocycles. The Kier molecular flexibility index (Phi) is 7.37. The summed E-state index contributed by atoms with van der Waals surface area (Å²) in [6, 6.07) is 15.3. The summed E-state index contributed by atoms with van der Waals surface area (Å²) in [6.45, 7) is 1.96. The Labute approximate surface area is 157 Å². The minimum absolute atomic E-state index is 0.175. The monoisotopic (exact) mass is 371 g/mol. The first-order valence-corrected chi connectivity index (χ1v) is 8.38. The number of benzene rings is 2. The lowest BCUT2D eigenvalue weighted by Crippen LogP contribution is -2.35. The van der Waals surface area contributed by atoms with Gasteiger partial charge in [0.15, 0.2) is 0 Å². The molecule has 0 saturated heterocycles. The molecule has 2 aromatic rings. The van der Waals surface area contributed by atoms with Crippen LogP contribution in [0.2, 0.25) is 0 Å². The van der Waals surface area contributed by atoms with Crippen molar-refractivity contribution in [3.8, 4) is 5.75 Å². The minimum Gasteiger partial charge on any atom is -0.468 e. The number of hydrogen-bond acceptors (Lipinski definition) is 6. The highest BCUT2D eigenvalue weighted by atomic mass is 16.7. The van der Waals surface area contributed by atoms with Crippen molar-refractivity contribution in [3.63, 3.8) is 0 Å². The number of carbonyl (C=O) groups excluding carboxylic acids is 3. The van der Waals surface area contributed by atoms with Crippen LogP contribution in [0.1, 0.15) is 22.8 Å². The Morgan fingerprint density at radius 3 is 2.22 bits per heavy atom. The van der Waals surface area contributed by atoms with Gasteiger partial charge in [0, 0.05) is 12.1 Å². The molecule has 0 saturated carbocycles. The standard InChI is InChI=1S/C20H21NO6/c1-3-26-20(24)27-17-11-9-16(10-12-17)19(23)21(14-18(22)25-2)13-15-7-5-4-6-8-15/h4-12H,3,13-14H2,1-2H3. The van der Waals surface area contributed by atoms with Crippen LogP contribution < -0.4 is 4.74 Å². The van der Waals surface area contributed by atoms with E-state index in [2.05, 4.69) is 4.74 Å². The molecule has 0 radical (unpaired) electrons. The zero-order valence-corrected chi connectivity index (χ0v) is 15.2. The van der Waals surface area contributed by atoms with Crippen molar-refractivity contribution < 1.29 is 28.6 Å². The number of nitrogens with zero attached hydrogens (tertiary/aromatic N) is 1. The van der Waals surface area contributed by atoms with Crippen molar-refractivity contribution in [2.75, 3.05) is 20.3 Å². The summed E-state index contributed by atoms with van der Waals surface area (Å²) in [5.74, 6) is -0.596. The SMILES string of the molecule is CCOC(=O)Oc1ccc(C(=O)N(CC(=O)OC)Cc2ccccc2)cc1. The molecule has 0 aliphatic carbocycles. The molecule has 0 N–H and O–H groups in total. The average molecular weight is 371 g/mol. The van der Waals surface area contributed by atoms with Crippen molar-refractivity contribution in [2.24, 2.45) is 0 Å². The molecule has 142 valence electrons. The number of carbonyl (C=O) groups is 3. The van der Waals surface area contributed by atoms with Crippen LogP contribution >= 0.6 is 0 Å². The molecule has 2 rings (SSSR count). The normalized spacial score (nSPS) is 10.0. The summed E-state index contributed by atoms with van der Waals surface area (Å²) in [4.78, 5) is 37.2. The van der Waals surface area contributed by atoms with Crippen molar-refractivity contribution in [1.82, 2.24) is 4.90 Å². The molecule has 0 heterocycles. The molecule has 0 aliphatic heterocycles. The van der Waals surface area contributed by atoms with E-state index in [1.165, 1.54) is 36.3 Å². The van der Waals surface area contributed by atoms with Crippen LogP contribution in [0.25, 0.3) is 0 Å². The number of methoxy groups -OCH3 is 1. The van der Waals surface area contributed by atoms with Gasteiger partial charge in [-0.3, -0.25) is 9.59 Å². The van der Waals surface area contributed by atoms with Crippen molar-refractivity contribution in [3.05, 3.63) is 65.7 Å². The Bertz CT molecular complexity index is 773. The van der Waals surface area contributed by atoms with Crippen LogP contribution in [0.3, 0.4) is 0 Å². The fourth-order valence-corrected chi connectivity index (χ4v) is 2.32. The van der Waals surface area contributed by atoms with Gasteiger partial charge >= 0.3 is 12.1 Å². The highest BCUT2D eigenvalue weighted by Gasteiger charge is 2.20. The molecular formula is C20H21NO6. The molecule has 0 atom stereocenters. The van der Waals surface area contributed by atoms with Gasteiger partial charge in [0.1, 0.15) is 12.3 Å². The van der Waals surface area contributed by atoms with E-state index in [-0.39, 0.29) is 31.4 Å². The van der Waals surface area contributed by atoms with E-state index in [0.717, 1.165) is 5.56 Å². The van der Waals surface area contributed by atoms with Crippen LogP contribution in [-0.2, 0) is 20.8 Å². The zero-order chi connectivity index (χ0) is 19.6. The van der Waals surface area contributed by atoms with Gasteiger partial charge in [0.05, 0.1) is 13.7 Å². The smallest absolute Gasteiger partial charge is 0.468 e. The van der Waals surface area contributed by atoms with Crippen molar-refractivity contribution in [2.45, 2.75) is 13.5 Å². The number of esters is 1. The molecule has 27 heavy (non-hydrogen) atoms. The van der Waals surface area contributed by atoms with Crippen LogP contribution in [0, 0.1) is 0 Å². The third-order valence-corrected chi connectivity index (χ3v) is 3.62. The van der Waals surface area contributed by atoms with E-state index >= 15 is 0 Å². The summed E-state index contributed by atoms with van der Waals surface area (Å²) in [5.41, 5.74) is 1.24. The fourth-order valence-electron chi connectivity index (χ4n) is 2.32. The second-order valence-electron chi connectivity index (χ2n) is 5.53. The van der Waals surface area contributed by atoms with Crippen LogP contribution in [0.5, 0.6) is 5.75 Å². The van der Waals surface area contributed by atoms with Gasteiger partial charge in [-0.05, 0) is 36.8 Å². The van der Waals surface area contributed by atoms with Gasteiger partial charge in [-0.25, -0.2) is 4.79 Å². The first kappa shape index (κ1) is 20.0. The highest BCUT2D eigenvalue weighted by molar-refractivity contribution is 5.96. The Hall–Kier alpha value is -3.35. The Morgan fingerprint density at radius 1 is 0.963 bits per heavy atom. The summed E-state index contributed by atoms with van der Waals surface area (Å²) < 4.78 is 14.4. The predicted molar refractivity (Wildman–Crippen MR) is 97.3 cm³/mol. The van der Waals surface area contributed by atoms with Gasteiger partial charge in [0.2, 0.25) is 0 Å². The summed E-state index contributed by atoms with van der Waals surface area (Å²) >= 11 is 0. The van der Waals surface area contributed by atoms with Gasteiger partial charge in [-0.2, -0.15) is 0 Å². The minimum atomic E-state index is -0.812. The van der Waals surface area contributed by atoms with Gasteiger partial charge < -0.3 is 19.1 Å². The third kappa shape index (κ3) is 6.14. The van der Waals surface area contributed by atoms with Gasteiger partial charge in [-0.15, -0.1) is 0 Å². The van der Waals surface area contributed by atoms with Gasteiger partial charge in [-0.1, -0.05) is 30.3 Å². The van der Waals surface area contributed by atoms with Crippen LogP contribution in [-0.4, -0.2) is 43.2 Å². The second kappa shape index (κ2) is 9.96. The third-order valence-electron chi connectivity index (χ3n) is 3.62. The average Bonchev–Trinajstić information content (AvgIpc) is 2.68. The molecule has 7 nitrogen and oxygen atoms in total. The molecule has 7 heteroatoms. The van der Waals surface area contributed by atoms with Crippen molar-refractivity contribution >= 4 is 18.0 Å². The van der Waals surface area contributed by atoms with Crippen molar-refractivity contribution in [1.29, 1.82) is 0 Å². The quantitative estimate of drug-likeness (QED) is 0.550. The molecule has 0 unspecified atom stereocenters. The molecule has 0 spiro atoms. The maximum absolute atomic E-state index is 12.8. The number of ether oxygens (including phenoxy) is 3. The highest BCUT2D eigenvalue weighted by Crippen LogP contribution is 2.16. The maximum atomic E-state index is 12.8. The first-order chi connectivity index (χ1) is 13.0. The second-order valence-corrected chi connectivity index (χ2v) is 5.53. The van der Waals surface area contributed by atoms with E-state index in [1.807, 2.05) is 30.3 Å². The summed E-state index contributed by atoms with van der Waals surface area (Å²) in [7, 11) is 1.27. The molecule has 0 aromatic heterocycles. The lowest BCUT2D eigenvalue weighted by Gasteiger charge is -2.21. The first-order valence-electron chi connectivity index (χ1n) is 8.38.